The van der Waals surface area contributed by atoms with Crippen LogP contribution in [0, 0.1) is 0 Å². The third kappa shape index (κ3) is 5.05. The molecule has 0 amide bonds. The molecule has 1 aromatic heterocycles. The summed E-state index contributed by atoms with van der Waals surface area (Å²) in [4.78, 5) is 2.50. The summed E-state index contributed by atoms with van der Waals surface area (Å²) < 4.78 is 6.78. The molecule has 0 aliphatic heterocycles. The first-order valence-corrected chi connectivity index (χ1v) is 22.5. The van der Waals surface area contributed by atoms with Gasteiger partial charge in [-0.3, -0.25) is 0 Å². The molecule has 1 spiro atoms. The average molecular weight is 826 g/mol. The van der Waals surface area contributed by atoms with Gasteiger partial charge in [0.25, 0.3) is 0 Å². The van der Waals surface area contributed by atoms with E-state index in [1.54, 1.807) is 0 Å². The molecule has 0 N–H and O–H groups in total. The van der Waals surface area contributed by atoms with E-state index in [0.29, 0.717) is 0 Å². The molecular weight excluding hydrogens is 787 g/mol. The van der Waals surface area contributed by atoms with Crippen LogP contribution in [0.2, 0.25) is 0 Å². The van der Waals surface area contributed by atoms with E-state index in [1.165, 1.54) is 71.8 Å². The Morgan fingerprint density at radius 1 is 0.323 bits per heavy atom. The fraction of sp³-hybridized carbons (Fsp3) is 0.0159. The molecule has 14 rings (SSSR count). The SMILES string of the molecule is c1ccc(N(c2ccc(-c3cccc4ccccc34)cc2)c2cccc3c2-c2ccccc2C32c3ccccc3-c3ccccc32)c(-c2ccc3c(c2)oc2c4ccccc4ccc32)c1. The Bertz CT molecular complexity index is 3860. The summed E-state index contributed by atoms with van der Waals surface area (Å²) in [5.41, 5.74) is 19.7. The lowest BCUT2D eigenvalue weighted by molar-refractivity contribution is 0.673. The van der Waals surface area contributed by atoms with Crippen LogP contribution in [0.4, 0.5) is 17.1 Å². The van der Waals surface area contributed by atoms with Gasteiger partial charge in [-0.2, -0.15) is 0 Å². The number of nitrogens with zero attached hydrogens (tertiary/aromatic N) is 1. The van der Waals surface area contributed by atoms with E-state index in [2.05, 4.69) is 241 Å². The summed E-state index contributed by atoms with van der Waals surface area (Å²) in [6.45, 7) is 0. The van der Waals surface area contributed by atoms with E-state index in [0.717, 1.165) is 55.5 Å². The van der Waals surface area contributed by atoms with Crippen molar-refractivity contribution in [2.24, 2.45) is 0 Å². The molecule has 0 unspecified atom stereocenters. The monoisotopic (exact) mass is 825 g/mol. The lowest BCUT2D eigenvalue weighted by Crippen LogP contribution is -2.26. The molecule has 0 radical (unpaired) electrons. The summed E-state index contributed by atoms with van der Waals surface area (Å²) in [5.74, 6) is 0. The first-order valence-electron chi connectivity index (χ1n) is 22.5. The lowest BCUT2D eigenvalue weighted by atomic mass is 9.70. The molecule has 0 bridgehead atoms. The Morgan fingerprint density at radius 2 is 0.846 bits per heavy atom. The number of hydrogen-bond donors (Lipinski definition) is 0. The normalized spacial score (nSPS) is 13.0. The summed E-state index contributed by atoms with van der Waals surface area (Å²) >= 11 is 0. The van der Waals surface area contributed by atoms with Crippen LogP contribution in [-0.2, 0) is 5.41 Å². The molecular formula is C63H39NO. The maximum atomic E-state index is 6.78. The molecule has 1 heterocycles. The Hall–Kier alpha value is -8.46. The minimum Gasteiger partial charge on any atom is -0.455 e. The highest BCUT2D eigenvalue weighted by molar-refractivity contribution is 6.15. The maximum absolute atomic E-state index is 6.78. The molecule has 65 heavy (non-hydrogen) atoms. The van der Waals surface area contributed by atoms with E-state index in [4.69, 9.17) is 4.42 Å². The van der Waals surface area contributed by atoms with Gasteiger partial charge in [-0.15, -0.1) is 0 Å². The largest absolute Gasteiger partial charge is 0.455 e. The summed E-state index contributed by atoms with van der Waals surface area (Å²) in [6, 6.07) is 87.1. The van der Waals surface area contributed by atoms with Crippen LogP contribution in [0.1, 0.15) is 22.3 Å². The third-order valence-electron chi connectivity index (χ3n) is 14.3. The second-order valence-electron chi connectivity index (χ2n) is 17.5. The Kier molecular flexibility index (Phi) is 7.64. The van der Waals surface area contributed by atoms with Gasteiger partial charge in [0.05, 0.1) is 16.8 Å². The lowest BCUT2D eigenvalue weighted by Gasteiger charge is -2.32. The van der Waals surface area contributed by atoms with Crippen LogP contribution in [0.3, 0.4) is 0 Å². The number of hydrogen-bond acceptors (Lipinski definition) is 2. The molecule has 11 aromatic carbocycles. The van der Waals surface area contributed by atoms with Crippen molar-refractivity contribution in [2.75, 3.05) is 4.90 Å². The fourth-order valence-corrected chi connectivity index (χ4v) is 11.6. The van der Waals surface area contributed by atoms with Gasteiger partial charge in [0.15, 0.2) is 0 Å². The predicted octanol–water partition coefficient (Wildman–Crippen LogP) is 17.0. The van der Waals surface area contributed by atoms with Gasteiger partial charge in [0.2, 0.25) is 0 Å². The average Bonchev–Trinajstić information content (AvgIpc) is 4.01. The molecule has 0 saturated heterocycles. The molecule has 2 aliphatic rings. The van der Waals surface area contributed by atoms with Crippen molar-refractivity contribution in [1.82, 2.24) is 0 Å². The second kappa shape index (κ2) is 13.8. The van der Waals surface area contributed by atoms with Crippen LogP contribution in [0.15, 0.2) is 241 Å². The molecule has 12 aromatic rings. The number of benzene rings is 11. The van der Waals surface area contributed by atoms with Crippen molar-refractivity contribution in [1.29, 1.82) is 0 Å². The minimum absolute atomic E-state index is 0.463. The van der Waals surface area contributed by atoms with Crippen LogP contribution >= 0.6 is 0 Å². The van der Waals surface area contributed by atoms with Crippen molar-refractivity contribution in [2.45, 2.75) is 5.41 Å². The minimum atomic E-state index is -0.463. The van der Waals surface area contributed by atoms with E-state index in [9.17, 15) is 0 Å². The van der Waals surface area contributed by atoms with Gasteiger partial charge in [-0.25, -0.2) is 0 Å². The molecule has 0 saturated carbocycles. The third-order valence-corrected chi connectivity index (χ3v) is 14.3. The number of rotatable bonds is 5. The molecule has 0 fully saturated rings. The Balaban J connectivity index is 1.02. The van der Waals surface area contributed by atoms with Crippen molar-refractivity contribution in [3.8, 4) is 44.5 Å². The van der Waals surface area contributed by atoms with Gasteiger partial charge >= 0.3 is 0 Å². The number of fused-ring (bicyclic) bond motifs is 16. The second-order valence-corrected chi connectivity index (χ2v) is 17.5. The van der Waals surface area contributed by atoms with Crippen molar-refractivity contribution in [3.63, 3.8) is 0 Å². The molecule has 2 nitrogen and oxygen atoms in total. The summed E-state index contributed by atoms with van der Waals surface area (Å²) in [7, 11) is 0. The van der Waals surface area contributed by atoms with Crippen LogP contribution in [0.5, 0.6) is 0 Å². The van der Waals surface area contributed by atoms with Crippen LogP contribution in [0.25, 0.3) is 88.0 Å². The standard InChI is InChI=1S/C63H39NO/c1-3-18-45-40(15-1)17-13-24-46(45)42-31-35-44(36-32-42)64(58-29-12-8-19-47(58)43-34-37-51-52-38-33-41-16-2-4-20-48(41)62(52)65-60(51)39-43)59-30-14-28-57-61(59)53-23-7-11-27-56(53)63(57)54-25-9-5-21-49(54)50-22-6-10-26-55(50)63/h1-39H. The van der Waals surface area contributed by atoms with E-state index >= 15 is 0 Å². The van der Waals surface area contributed by atoms with E-state index in [1.807, 2.05) is 0 Å². The van der Waals surface area contributed by atoms with Gasteiger partial charge in [0.1, 0.15) is 11.2 Å². The highest BCUT2D eigenvalue weighted by atomic mass is 16.3. The number of para-hydroxylation sites is 1. The van der Waals surface area contributed by atoms with Crippen LogP contribution < -0.4 is 4.90 Å². The number of anilines is 3. The highest BCUT2D eigenvalue weighted by Gasteiger charge is 2.52. The van der Waals surface area contributed by atoms with Crippen molar-refractivity contribution >= 4 is 60.5 Å². The smallest absolute Gasteiger partial charge is 0.143 e. The topological polar surface area (TPSA) is 16.4 Å². The van der Waals surface area contributed by atoms with Crippen molar-refractivity contribution < 1.29 is 4.42 Å². The maximum Gasteiger partial charge on any atom is 0.143 e. The zero-order valence-electron chi connectivity index (χ0n) is 35.4. The summed E-state index contributed by atoms with van der Waals surface area (Å²) in [5, 5.41) is 7.04. The van der Waals surface area contributed by atoms with Gasteiger partial charge < -0.3 is 9.32 Å². The van der Waals surface area contributed by atoms with Gasteiger partial charge in [-0.05, 0) is 114 Å². The molecule has 302 valence electrons. The highest BCUT2D eigenvalue weighted by Crippen LogP contribution is 2.65. The van der Waals surface area contributed by atoms with E-state index in [-0.39, 0.29) is 0 Å². The zero-order chi connectivity index (χ0) is 42.6. The quantitative estimate of drug-likeness (QED) is 0.172. The zero-order valence-corrected chi connectivity index (χ0v) is 35.4. The van der Waals surface area contributed by atoms with Crippen LogP contribution in [-0.4, -0.2) is 0 Å². The van der Waals surface area contributed by atoms with Gasteiger partial charge in [-0.1, -0.05) is 194 Å². The predicted molar refractivity (Wildman–Crippen MR) is 271 cm³/mol. The van der Waals surface area contributed by atoms with Gasteiger partial charge in [0, 0.05) is 33.0 Å². The Labute approximate surface area is 376 Å². The first-order chi connectivity index (χ1) is 32.3. The van der Waals surface area contributed by atoms with E-state index < -0.39 is 5.41 Å². The first kappa shape index (κ1) is 36.1. The summed E-state index contributed by atoms with van der Waals surface area (Å²) in [6.07, 6.45) is 0. The molecule has 0 atom stereocenters. The van der Waals surface area contributed by atoms with Crippen molar-refractivity contribution in [3.05, 3.63) is 259 Å². The Morgan fingerprint density at radius 3 is 1.62 bits per heavy atom. The molecule has 2 heteroatoms. The number of furan rings is 1. The molecule has 2 aliphatic carbocycles. The fourth-order valence-electron chi connectivity index (χ4n) is 11.6.